The van der Waals surface area contributed by atoms with Crippen molar-refractivity contribution in [2.24, 2.45) is 11.8 Å². The maximum absolute atomic E-state index is 12.9. The van der Waals surface area contributed by atoms with Gasteiger partial charge in [0.2, 0.25) is 11.8 Å². The summed E-state index contributed by atoms with van der Waals surface area (Å²) in [6, 6.07) is 12.0. The van der Waals surface area contributed by atoms with E-state index in [0.29, 0.717) is 0 Å². The maximum Gasteiger partial charge on any atom is 0.233 e. The van der Waals surface area contributed by atoms with Gasteiger partial charge in [0.05, 0.1) is 26.1 Å². The molecule has 0 radical (unpaired) electrons. The van der Waals surface area contributed by atoms with Gasteiger partial charge in [-0.25, -0.2) is 0 Å². The predicted octanol–water partition coefficient (Wildman–Crippen LogP) is 2.53. The van der Waals surface area contributed by atoms with Crippen LogP contribution in [0.3, 0.4) is 0 Å². The normalized spacial score (nSPS) is 27.9. The molecule has 2 aromatic carbocycles. The predicted molar refractivity (Wildman–Crippen MR) is 94.4 cm³/mol. The Labute approximate surface area is 151 Å². The zero-order valence-corrected chi connectivity index (χ0v) is 14.9. The van der Waals surface area contributed by atoms with Crippen LogP contribution in [-0.2, 0) is 9.59 Å². The second kappa shape index (κ2) is 5.10. The summed E-state index contributed by atoms with van der Waals surface area (Å²) in [5.74, 6) is 0.460. The third-order valence-corrected chi connectivity index (χ3v) is 6.26. The van der Waals surface area contributed by atoms with E-state index in [9.17, 15) is 9.59 Å². The fourth-order valence-corrected chi connectivity index (χ4v) is 5.14. The van der Waals surface area contributed by atoms with Crippen molar-refractivity contribution in [2.45, 2.75) is 11.8 Å². The first-order valence-corrected chi connectivity index (χ1v) is 8.74. The van der Waals surface area contributed by atoms with E-state index in [2.05, 4.69) is 0 Å². The van der Waals surface area contributed by atoms with Gasteiger partial charge in [-0.2, -0.15) is 0 Å². The zero-order valence-electron chi connectivity index (χ0n) is 14.9. The summed E-state index contributed by atoms with van der Waals surface area (Å²) >= 11 is 0. The molecule has 5 nitrogen and oxygen atoms in total. The highest BCUT2D eigenvalue weighted by molar-refractivity contribution is 6.07. The highest BCUT2D eigenvalue weighted by Gasteiger charge is 2.60. The Morgan fingerprint density at radius 3 is 1.54 bits per heavy atom. The Morgan fingerprint density at radius 1 is 0.731 bits per heavy atom. The molecule has 4 aliphatic rings. The van der Waals surface area contributed by atoms with E-state index in [-0.39, 0.29) is 35.5 Å². The molecule has 6 rings (SSSR count). The van der Waals surface area contributed by atoms with E-state index in [0.717, 1.165) is 33.8 Å². The molecule has 3 aliphatic carbocycles. The van der Waals surface area contributed by atoms with E-state index in [1.54, 1.807) is 21.3 Å². The van der Waals surface area contributed by atoms with Crippen LogP contribution in [0.5, 0.6) is 11.5 Å². The lowest BCUT2D eigenvalue weighted by molar-refractivity contribution is -0.138. The third kappa shape index (κ3) is 1.70. The van der Waals surface area contributed by atoms with Crippen LogP contribution in [0.1, 0.15) is 34.1 Å². The van der Waals surface area contributed by atoms with Gasteiger partial charge < -0.3 is 9.47 Å². The number of likely N-dealkylation sites (tertiary alicyclic amines) is 1. The molecule has 2 amide bonds. The first-order chi connectivity index (χ1) is 12.6. The van der Waals surface area contributed by atoms with Gasteiger partial charge in [0, 0.05) is 18.9 Å². The number of nitrogens with zero attached hydrogens (tertiary/aromatic N) is 1. The monoisotopic (exact) mass is 349 g/mol. The number of ether oxygens (including phenoxy) is 2. The van der Waals surface area contributed by atoms with Gasteiger partial charge in [-0.1, -0.05) is 12.1 Å². The van der Waals surface area contributed by atoms with Gasteiger partial charge in [0.25, 0.3) is 0 Å². The van der Waals surface area contributed by atoms with Gasteiger partial charge in [-0.3, -0.25) is 14.5 Å². The molecule has 0 saturated carbocycles. The van der Waals surface area contributed by atoms with Crippen LogP contribution in [0.4, 0.5) is 0 Å². The Morgan fingerprint density at radius 2 is 1.15 bits per heavy atom. The average molecular weight is 349 g/mol. The van der Waals surface area contributed by atoms with Crippen LogP contribution in [0.15, 0.2) is 36.4 Å². The van der Waals surface area contributed by atoms with E-state index < -0.39 is 0 Å². The summed E-state index contributed by atoms with van der Waals surface area (Å²) < 4.78 is 10.8. The second-order valence-corrected chi connectivity index (χ2v) is 7.23. The number of carbonyl (C=O) groups is 2. The van der Waals surface area contributed by atoms with Crippen LogP contribution < -0.4 is 9.47 Å². The minimum absolute atomic E-state index is 0.0788. The lowest BCUT2D eigenvalue weighted by Gasteiger charge is -2.46. The minimum atomic E-state index is -0.335. The molecule has 0 spiro atoms. The van der Waals surface area contributed by atoms with E-state index in [1.807, 2.05) is 36.4 Å². The SMILES string of the molecule is COc1ccc2c(c1)C1c3ccc(OC)cc3C2C2C(=O)N(C)C(=O)C12. The molecular weight excluding hydrogens is 330 g/mol. The molecule has 5 heteroatoms. The van der Waals surface area contributed by atoms with E-state index >= 15 is 0 Å². The van der Waals surface area contributed by atoms with Crippen molar-refractivity contribution in [3.63, 3.8) is 0 Å². The van der Waals surface area contributed by atoms with Crippen molar-refractivity contribution in [1.82, 2.24) is 4.90 Å². The van der Waals surface area contributed by atoms with Crippen molar-refractivity contribution in [1.29, 1.82) is 0 Å². The second-order valence-electron chi connectivity index (χ2n) is 7.23. The van der Waals surface area contributed by atoms with Crippen LogP contribution >= 0.6 is 0 Å². The summed E-state index contributed by atoms with van der Waals surface area (Å²) in [6.45, 7) is 0. The molecule has 0 N–H and O–H groups in total. The lowest BCUT2D eigenvalue weighted by Crippen LogP contribution is -2.41. The van der Waals surface area contributed by atoms with Crippen LogP contribution in [-0.4, -0.2) is 38.0 Å². The number of hydrogen-bond acceptors (Lipinski definition) is 4. The van der Waals surface area contributed by atoms with Crippen molar-refractivity contribution in [3.05, 3.63) is 58.7 Å². The quantitative estimate of drug-likeness (QED) is 0.782. The lowest BCUT2D eigenvalue weighted by atomic mass is 9.55. The number of imide groups is 1. The summed E-state index contributed by atoms with van der Waals surface area (Å²) in [4.78, 5) is 27.1. The average Bonchev–Trinajstić information content (AvgIpc) is 2.91. The third-order valence-electron chi connectivity index (χ3n) is 6.26. The Hall–Kier alpha value is -2.82. The summed E-state index contributed by atoms with van der Waals surface area (Å²) in [5, 5.41) is 0. The van der Waals surface area contributed by atoms with Gasteiger partial charge in [0.15, 0.2) is 0 Å². The summed E-state index contributed by atoms with van der Waals surface area (Å²) in [7, 11) is 4.88. The molecule has 1 saturated heterocycles. The highest BCUT2D eigenvalue weighted by Crippen LogP contribution is 2.61. The molecule has 2 bridgehead atoms. The largest absolute Gasteiger partial charge is 0.497 e. The van der Waals surface area contributed by atoms with Crippen LogP contribution in [0, 0.1) is 11.8 Å². The fraction of sp³-hybridized carbons (Fsp3) is 0.333. The van der Waals surface area contributed by atoms with Gasteiger partial charge in [0.1, 0.15) is 11.5 Å². The summed E-state index contributed by atoms with van der Waals surface area (Å²) in [6.07, 6.45) is 0. The molecule has 132 valence electrons. The van der Waals surface area contributed by atoms with Crippen LogP contribution in [0.25, 0.3) is 0 Å². The molecule has 0 aromatic heterocycles. The Balaban J connectivity index is 1.81. The smallest absolute Gasteiger partial charge is 0.233 e. The van der Waals surface area contributed by atoms with Gasteiger partial charge in [-0.15, -0.1) is 0 Å². The molecule has 26 heavy (non-hydrogen) atoms. The molecule has 1 heterocycles. The number of benzene rings is 2. The topological polar surface area (TPSA) is 55.8 Å². The number of hydrogen-bond donors (Lipinski definition) is 0. The Kier molecular flexibility index (Phi) is 3.03. The maximum atomic E-state index is 12.9. The summed E-state index contributed by atoms with van der Waals surface area (Å²) in [5.41, 5.74) is 4.44. The number of amides is 2. The highest BCUT2D eigenvalue weighted by atomic mass is 16.5. The molecular formula is C21H19NO4. The van der Waals surface area contributed by atoms with Gasteiger partial charge >= 0.3 is 0 Å². The molecule has 4 atom stereocenters. The van der Waals surface area contributed by atoms with Crippen molar-refractivity contribution >= 4 is 11.8 Å². The number of methoxy groups -OCH3 is 2. The van der Waals surface area contributed by atoms with Crippen LogP contribution in [0.2, 0.25) is 0 Å². The first-order valence-electron chi connectivity index (χ1n) is 8.74. The zero-order chi connectivity index (χ0) is 18.2. The Bertz CT molecular complexity index is 889. The molecule has 1 fully saturated rings. The first kappa shape index (κ1) is 15.4. The van der Waals surface area contributed by atoms with Crippen molar-refractivity contribution < 1.29 is 19.1 Å². The van der Waals surface area contributed by atoms with Crippen molar-refractivity contribution in [3.8, 4) is 11.5 Å². The minimum Gasteiger partial charge on any atom is -0.497 e. The van der Waals surface area contributed by atoms with Gasteiger partial charge in [-0.05, 0) is 46.5 Å². The molecule has 1 aliphatic heterocycles. The van der Waals surface area contributed by atoms with E-state index in [1.165, 1.54) is 4.90 Å². The molecule has 2 aromatic rings. The number of rotatable bonds is 2. The fourth-order valence-electron chi connectivity index (χ4n) is 5.14. The number of carbonyl (C=O) groups excluding carboxylic acids is 2. The standard InChI is InChI=1S/C21H19NO4/c1-22-20(23)18-16-13-7-5-11(26-3)9-15(13)17(19(18)21(22)24)12-6-4-10(25-2)8-14(12)16/h4-9,16-19H,1-3H3. The molecule has 4 unspecified atom stereocenters. The van der Waals surface area contributed by atoms with Crippen molar-refractivity contribution in [2.75, 3.05) is 21.3 Å². The van der Waals surface area contributed by atoms with E-state index in [4.69, 9.17) is 9.47 Å².